The van der Waals surface area contributed by atoms with Gasteiger partial charge in [0.05, 0.1) is 13.2 Å². The lowest BCUT2D eigenvalue weighted by Gasteiger charge is -2.32. The van der Waals surface area contributed by atoms with Crippen LogP contribution in [-0.4, -0.2) is 56.1 Å². The molecule has 20 heavy (non-hydrogen) atoms. The fourth-order valence-corrected chi connectivity index (χ4v) is 3.25. The maximum Gasteiger partial charge on any atom is 0.161 e. The van der Waals surface area contributed by atoms with E-state index in [0.717, 1.165) is 50.6 Å². The molecule has 1 aromatic carbocycles. The second kappa shape index (κ2) is 5.94. The Hall–Kier alpha value is -1.39. The van der Waals surface area contributed by atoms with Crippen LogP contribution in [0.25, 0.3) is 0 Å². The highest BCUT2D eigenvalue weighted by Gasteiger charge is 2.29. The first-order valence-electron chi connectivity index (χ1n) is 7.42. The summed E-state index contributed by atoms with van der Waals surface area (Å²) in [7, 11) is 0. The molecule has 108 valence electrons. The van der Waals surface area contributed by atoms with Crippen molar-refractivity contribution >= 4 is 11.5 Å². The van der Waals surface area contributed by atoms with Crippen LogP contribution < -0.4 is 4.90 Å². The van der Waals surface area contributed by atoms with E-state index in [9.17, 15) is 4.79 Å². The molecule has 0 saturated carbocycles. The Labute approximate surface area is 120 Å². The molecule has 2 aliphatic heterocycles. The van der Waals surface area contributed by atoms with Crippen LogP contribution in [-0.2, 0) is 4.74 Å². The van der Waals surface area contributed by atoms with Crippen molar-refractivity contribution in [2.24, 2.45) is 0 Å². The Morgan fingerprint density at radius 1 is 1.20 bits per heavy atom. The Kier molecular flexibility index (Phi) is 4.03. The minimum atomic E-state index is 0.149. The number of ketones is 1. The van der Waals surface area contributed by atoms with Gasteiger partial charge in [0.1, 0.15) is 0 Å². The molecule has 1 aromatic rings. The van der Waals surface area contributed by atoms with Gasteiger partial charge in [-0.25, -0.2) is 0 Å². The monoisotopic (exact) mass is 274 g/mol. The number of carbonyl (C=O) groups is 1. The van der Waals surface area contributed by atoms with Gasteiger partial charge in [0.25, 0.3) is 0 Å². The van der Waals surface area contributed by atoms with Crippen LogP contribution >= 0.6 is 0 Å². The van der Waals surface area contributed by atoms with Crippen molar-refractivity contribution < 1.29 is 9.53 Å². The van der Waals surface area contributed by atoms with Crippen LogP contribution in [0.1, 0.15) is 23.7 Å². The van der Waals surface area contributed by atoms with Gasteiger partial charge in [0.2, 0.25) is 0 Å². The molecule has 2 aliphatic rings. The summed E-state index contributed by atoms with van der Waals surface area (Å²) < 4.78 is 5.42. The summed E-state index contributed by atoms with van der Waals surface area (Å²) in [5.41, 5.74) is 1.94. The fourth-order valence-electron chi connectivity index (χ4n) is 3.25. The Bertz CT molecular complexity index is 483. The third-order valence-corrected chi connectivity index (χ3v) is 4.35. The maximum atomic E-state index is 11.8. The topological polar surface area (TPSA) is 32.8 Å². The Morgan fingerprint density at radius 2 is 1.95 bits per heavy atom. The van der Waals surface area contributed by atoms with Crippen LogP contribution in [0.4, 0.5) is 5.69 Å². The van der Waals surface area contributed by atoms with Gasteiger partial charge in [-0.05, 0) is 25.5 Å². The normalized spacial score (nSPS) is 24.1. The summed E-state index contributed by atoms with van der Waals surface area (Å²) in [6.07, 6.45) is 1.17. The largest absolute Gasteiger partial charge is 0.379 e. The van der Waals surface area contributed by atoms with Crippen molar-refractivity contribution in [2.45, 2.75) is 19.4 Å². The molecule has 4 nitrogen and oxygen atoms in total. The molecule has 0 aromatic heterocycles. The number of anilines is 1. The molecule has 2 heterocycles. The molecule has 0 amide bonds. The average molecular weight is 274 g/mol. The van der Waals surface area contributed by atoms with Crippen molar-refractivity contribution in [3.63, 3.8) is 0 Å². The number of carbonyl (C=O) groups excluding carboxylic acids is 1. The van der Waals surface area contributed by atoms with Crippen LogP contribution in [0.3, 0.4) is 0 Å². The zero-order valence-corrected chi connectivity index (χ0v) is 12.0. The molecule has 1 atom stereocenters. The highest BCUT2D eigenvalue weighted by molar-refractivity contribution is 5.99. The number of Topliss-reactive ketones (excluding diaryl/α,β-unsaturated/α-hetero) is 1. The minimum Gasteiger partial charge on any atom is -0.379 e. The van der Waals surface area contributed by atoms with E-state index in [1.54, 1.807) is 6.92 Å². The number of morpholine rings is 1. The SMILES string of the molecule is CC(=O)c1ccccc1N1CCC(N2CCOCC2)C1. The molecule has 2 fully saturated rings. The quantitative estimate of drug-likeness (QED) is 0.787. The van der Waals surface area contributed by atoms with E-state index in [0.29, 0.717) is 6.04 Å². The summed E-state index contributed by atoms with van der Waals surface area (Å²) in [4.78, 5) is 16.6. The number of rotatable bonds is 3. The van der Waals surface area contributed by atoms with E-state index in [2.05, 4.69) is 15.9 Å². The molecule has 0 spiro atoms. The summed E-state index contributed by atoms with van der Waals surface area (Å²) >= 11 is 0. The maximum absolute atomic E-state index is 11.8. The number of ether oxygens (including phenoxy) is 1. The zero-order chi connectivity index (χ0) is 13.9. The highest BCUT2D eigenvalue weighted by Crippen LogP contribution is 2.27. The molecule has 1 unspecified atom stereocenters. The van der Waals surface area contributed by atoms with E-state index in [1.807, 2.05) is 18.2 Å². The second-order valence-corrected chi connectivity index (χ2v) is 5.61. The van der Waals surface area contributed by atoms with Crippen LogP contribution in [0.5, 0.6) is 0 Å². The molecule has 0 aliphatic carbocycles. The van der Waals surface area contributed by atoms with E-state index >= 15 is 0 Å². The second-order valence-electron chi connectivity index (χ2n) is 5.61. The smallest absolute Gasteiger partial charge is 0.161 e. The van der Waals surface area contributed by atoms with Crippen molar-refractivity contribution in [3.05, 3.63) is 29.8 Å². The Balaban J connectivity index is 1.72. The average Bonchev–Trinajstić information content (AvgIpc) is 2.98. The van der Waals surface area contributed by atoms with Gasteiger partial charge in [-0.3, -0.25) is 9.69 Å². The van der Waals surface area contributed by atoms with Crippen molar-refractivity contribution in [1.29, 1.82) is 0 Å². The summed E-state index contributed by atoms with van der Waals surface area (Å²) in [5.74, 6) is 0.149. The van der Waals surface area contributed by atoms with Gasteiger partial charge in [-0.2, -0.15) is 0 Å². The lowest BCUT2D eigenvalue weighted by Crippen LogP contribution is -2.44. The predicted molar refractivity (Wildman–Crippen MR) is 79.5 cm³/mol. The van der Waals surface area contributed by atoms with Crippen LogP contribution in [0.2, 0.25) is 0 Å². The van der Waals surface area contributed by atoms with Gasteiger partial charge in [-0.1, -0.05) is 12.1 Å². The first-order valence-corrected chi connectivity index (χ1v) is 7.42. The molecule has 2 saturated heterocycles. The van der Waals surface area contributed by atoms with E-state index in [-0.39, 0.29) is 5.78 Å². The number of hydrogen-bond donors (Lipinski definition) is 0. The number of hydrogen-bond acceptors (Lipinski definition) is 4. The lowest BCUT2D eigenvalue weighted by atomic mass is 10.1. The molecule has 0 radical (unpaired) electrons. The summed E-state index contributed by atoms with van der Waals surface area (Å²) in [6.45, 7) is 7.46. The van der Waals surface area contributed by atoms with Gasteiger partial charge < -0.3 is 9.64 Å². The van der Waals surface area contributed by atoms with Crippen LogP contribution in [0, 0.1) is 0 Å². The molecule has 3 rings (SSSR count). The molecule has 0 bridgehead atoms. The van der Waals surface area contributed by atoms with Crippen LogP contribution in [0.15, 0.2) is 24.3 Å². The van der Waals surface area contributed by atoms with E-state index in [4.69, 9.17) is 4.74 Å². The summed E-state index contributed by atoms with van der Waals surface area (Å²) in [5, 5.41) is 0. The Morgan fingerprint density at radius 3 is 2.70 bits per heavy atom. The molecular weight excluding hydrogens is 252 g/mol. The standard InChI is InChI=1S/C16H22N2O2/c1-13(19)15-4-2-3-5-16(15)18-7-6-14(12-18)17-8-10-20-11-9-17/h2-5,14H,6-12H2,1H3. The third kappa shape index (κ3) is 2.72. The van der Waals surface area contributed by atoms with Crippen molar-refractivity contribution in [1.82, 2.24) is 4.90 Å². The lowest BCUT2D eigenvalue weighted by molar-refractivity contribution is 0.0209. The summed E-state index contributed by atoms with van der Waals surface area (Å²) in [6, 6.07) is 8.55. The number of nitrogens with zero attached hydrogens (tertiary/aromatic N) is 2. The fraction of sp³-hybridized carbons (Fsp3) is 0.562. The van der Waals surface area contributed by atoms with Crippen molar-refractivity contribution in [2.75, 3.05) is 44.3 Å². The van der Waals surface area contributed by atoms with Gasteiger partial charge >= 0.3 is 0 Å². The molecule has 4 heteroatoms. The molecular formula is C16H22N2O2. The first kappa shape index (κ1) is 13.6. The third-order valence-electron chi connectivity index (χ3n) is 4.35. The van der Waals surface area contributed by atoms with E-state index in [1.165, 1.54) is 6.42 Å². The first-order chi connectivity index (χ1) is 9.75. The van der Waals surface area contributed by atoms with Gasteiger partial charge in [-0.15, -0.1) is 0 Å². The predicted octanol–water partition coefficient (Wildman–Crippen LogP) is 1.80. The highest BCUT2D eigenvalue weighted by atomic mass is 16.5. The van der Waals surface area contributed by atoms with Gasteiger partial charge in [0, 0.05) is 43.5 Å². The van der Waals surface area contributed by atoms with Crippen molar-refractivity contribution in [3.8, 4) is 0 Å². The molecule has 0 N–H and O–H groups in total. The number of benzene rings is 1. The number of para-hydroxylation sites is 1. The van der Waals surface area contributed by atoms with E-state index < -0.39 is 0 Å². The zero-order valence-electron chi connectivity index (χ0n) is 12.0. The van der Waals surface area contributed by atoms with Gasteiger partial charge in [0.15, 0.2) is 5.78 Å². The minimum absolute atomic E-state index is 0.149.